The number of hydrogen-bond acceptors (Lipinski definition) is 2. The lowest BCUT2D eigenvalue weighted by molar-refractivity contribution is -0.115. The molecule has 1 unspecified atom stereocenters. The molecule has 0 spiro atoms. The van der Waals surface area contributed by atoms with Crippen LogP contribution in [0.15, 0.2) is 41.6 Å². The van der Waals surface area contributed by atoms with Gasteiger partial charge in [-0.2, -0.15) is 0 Å². The van der Waals surface area contributed by atoms with Crippen molar-refractivity contribution in [1.29, 1.82) is 0 Å². The van der Waals surface area contributed by atoms with Crippen LogP contribution in [0.1, 0.15) is 18.5 Å². The Morgan fingerprint density at radius 3 is 2.50 bits per heavy atom. The molecular weight excluding hydrogens is 230 g/mol. The van der Waals surface area contributed by atoms with Crippen molar-refractivity contribution in [2.45, 2.75) is 13.0 Å². The third-order valence-corrected chi connectivity index (χ3v) is 3.15. The molecule has 94 valence electrons. The van der Waals surface area contributed by atoms with Gasteiger partial charge in [-0.3, -0.25) is 4.79 Å². The second-order valence-corrected chi connectivity index (χ2v) is 4.22. The predicted molar refractivity (Wildman–Crippen MR) is 67.4 cm³/mol. The lowest BCUT2D eigenvalue weighted by Crippen LogP contribution is -2.47. The number of allylic oxidation sites excluding steroid dienone is 1. The van der Waals surface area contributed by atoms with Crippen LogP contribution in [0, 0.1) is 0 Å². The third-order valence-electron chi connectivity index (χ3n) is 3.15. The number of urea groups is 1. The second-order valence-electron chi connectivity index (χ2n) is 4.22. The first-order chi connectivity index (χ1) is 8.52. The van der Waals surface area contributed by atoms with Crippen molar-refractivity contribution in [2.75, 3.05) is 7.05 Å². The fourth-order valence-electron chi connectivity index (χ4n) is 2.05. The van der Waals surface area contributed by atoms with Gasteiger partial charge in [0.2, 0.25) is 5.91 Å². The Hall–Kier alpha value is -2.30. The number of carbonyl (C=O) groups excluding carboxylic acids is 2. The first-order valence-corrected chi connectivity index (χ1v) is 5.62. The van der Waals surface area contributed by atoms with Gasteiger partial charge in [-0.05, 0) is 12.5 Å². The van der Waals surface area contributed by atoms with E-state index in [0.29, 0.717) is 11.3 Å². The minimum Gasteiger partial charge on any atom is -0.366 e. The van der Waals surface area contributed by atoms with E-state index >= 15 is 0 Å². The molecule has 1 aliphatic heterocycles. The minimum absolute atomic E-state index is 0.244. The fraction of sp³-hybridized carbons (Fsp3) is 0.231. The van der Waals surface area contributed by atoms with E-state index in [1.54, 1.807) is 14.0 Å². The molecule has 1 aliphatic rings. The summed E-state index contributed by atoms with van der Waals surface area (Å²) in [5.74, 6) is -0.520. The normalized spacial score (nSPS) is 19.8. The highest BCUT2D eigenvalue weighted by molar-refractivity contribution is 5.97. The summed E-state index contributed by atoms with van der Waals surface area (Å²) in [5, 5.41) is 2.77. The first-order valence-electron chi connectivity index (χ1n) is 5.62. The van der Waals surface area contributed by atoms with E-state index in [1.165, 1.54) is 4.90 Å². The lowest BCUT2D eigenvalue weighted by atomic mass is 9.95. The summed E-state index contributed by atoms with van der Waals surface area (Å²) in [4.78, 5) is 24.8. The monoisotopic (exact) mass is 245 g/mol. The summed E-state index contributed by atoms with van der Waals surface area (Å²) in [6.07, 6.45) is 0. The van der Waals surface area contributed by atoms with E-state index in [9.17, 15) is 9.59 Å². The molecule has 1 aromatic carbocycles. The highest BCUT2D eigenvalue weighted by Crippen LogP contribution is 2.28. The van der Waals surface area contributed by atoms with E-state index < -0.39 is 11.9 Å². The molecule has 1 atom stereocenters. The smallest absolute Gasteiger partial charge is 0.322 e. The number of rotatable bonds is 2. The Bertz CT molecular complexity index is 522. The molecule has 1 aromatic rings. The van der Waals surface area contributed by atoms with Gasteiger partial charge in [-0.1, -0.05) is 30.3 Å². The number of nitrogens with zero attached hydrogens (tertiary/aromatic N) is 1. The number of nitrogens with one attached hydrogen (secondary N) is 1. The Morgan fingerprint density at radius 1 is 1.33 bits per heavy atom. The Kier molecular flexibility index (Phi) is 3.06. The molecule has 2 rings (SSSR count). The van der Waals surface area contributed by atoms with Crippen LogP contribution in [0.3, 0.4) is 0 Å². The van der Waals surface area contributed by atoms with Gasteiger partial charge in [0.25, 0.3) is 0 Å². The minimum atomic E-state index is -0.520. The molecule has 0 aliphatic carbocycles. The number of nitrogens with two attached hydrogens (primary N) is 1. The topological polar surface area (TPSA) is 75.4 Å². The van der Waals surface area contributed by atoms with Gasteiger partial charge in [0, 0.05) is 12.7 Å². The number of benzene rings is 1. The summed E-state index contributed by atoms with van der Waals surface area (Å²) in [6, 6.07) is 8.57. The van der Waals surface area contributed by atoms with Gasteiger partial charge in [0.05, 0.1) is 11.6 Å². The van der Waals surface area contributed by atoms with Gasteiger partial charge in [-0.25, -0.2) is 4.79 Å². The molecule has 0 radical (unpaired) electrons. The van der Waals surface area contributed by atoms with E-state index in [1.807, 2.05) is 30.3 Å². The number of carbonyl (C=O) groups is 2. The highest BCUT2D eigenvalue weighted by Gasteiger charge is 2.32. The van der Waals surface area contributed by atoms with E-state index in [4.69, 9.17) is 5.73 Å². The molecular formula is C13H15N3O2. The van der Waals surface area contributed by atoms with E-state index in [-0.39, 0.29) is 6.03 Å². The standard InChI is InChI=1S/C13H15N3O2/c1-8-10(12(14)17)11(15-13(18)16(8)2)9-6-4-3-5-7-9/h3-7,11H,1-2H3,(H2,14,17)(H,15,18). The molecule has 3 amide bonds. The second kappa shape index (κ2) is 4.52. The maximum absolute atomic E-state index is 11.8. The zero-order chi connectivity index (χ0) is 13.3. The molecule has 0 aromatic heterocycles. The van der Waals surface area contributed by atoms with E-state index in [0.717, 1.165) is 5.56 Å². The SMILES string of the molecule is CC1=C(C(N)=O)C(c2ccccc2)NC(=O)N1C. The summed E-state index contributed by atoms with van der Waals surface area (Å²) in [6.45, 7) is 1.72. The van der Waals surface area contributed by atoms with Crippen molar-refractivity contribution in [3.63, 3.8) is 0 Å². The van der Waals surface area contributed by atoms with Gasteiger partial charge >= 0.3 is 6.03 Å². The number of amides is 3. The average molecular weight is 245 g/mol. The quantitative estimate of drug-likeness (QED) is 0.819. The van der Waals surface area contributed by atoms with Crippen LogP contribution in [0.25, 0.3) is 0 Å². The largest absolute Gasteiger partial charge is 0.366 e. The van der Waals surface area contributed by atoms with Gasteiger partial charge in [-0.15, -0.1) is 0 Å². The van der Waals surface area contributed by atoms with Gasteiger partial charge in [0.15, 0.2) is 0 Å². The Morgan fingerprint density at radius 2 is 1.94 bits per heavy atom. The summed E-state index contributed by atoms with van der Waals surface area (Å²) in [5.41, 5.74) is 7.26. The molecule has 5 heteroatoms. The summed E-state index contributed by atoms with van der Waals surface area (Å²) < 4.78 is 0. The molecule has 0 saturated heterocycles. The zero-order valence-corrected chi connectivity index (χ0v) is 10.3. The van der Waals surface area contributed by atoms with Gasteiger partial charge in [0.1, 0.15) is 0 Å². The number of primary amides is 1. The number of hydrogen-bond donors (Lipinski definition) is 2. The van der Waals surface area contributed by atoms with Crippen LogP contribution in [0.5, 0.6) is 0 Å². The molecule has 0 saturated carbocycles. The van der Waals surface area contributed by atoms with Crippen LogP contribution in [0.4, 0.5) is 4.79 Å². The van der Waals surface area contributed by atoms with Crippen LogP contribution in [-0.2, 0) is 4.79 Å². The van der Waals surface area contributed by atoms with Crippen molar-refractivity contribution in [1.82, 2.24) is 10.2 Å². The zero-order valence-electron chi connectivity index (χ0n) is 10.3. The summed E-state index contributed by atoms with van der Waals surface area (Å²) >= 11 is 0. The molecule has 0 bridgehead atoms. The van der Waals surface area contributed by atoms with Crippen molar-refractivity contribution in [3.05, 3.63) is 47.2 Å². The average Bonchev–Trinajstić information content (AvgIpc) is 2.36. The van der Waals surface area contributed by atoms with Crippen LogP contribution >= 0.6 is 0 Å². The summed E-state index contributed by atoms with van der Waals surface area (Å²) in [7, 11) is 1.61. The molecule has 0 fully saturated rings. The molecule has 1 heterocycles. The van der Waals surface area contributed by atoms with Crippen LogP contribution < -0.4 is 11.1 Å². The van der Waals surface area contributed by atoms with Gasteiger partial charge < -0.3 is 16.0 Å². The van der Waals surface area contributed by atoms with E-state index in [2.05, 4.69) is 5.32 Å². The van der Waals surface area contributed by atoms with Crippen molar-refractivity contribution < 1.29 is 9.59 Å². The lowest BCUT2D eigenvalue weighted by Gasteiger charge is -2.32. The third kappa shape index (κ3) is 1.95. The maximum atomic E-state index is 11.8. The van der Waals surface area contributed by atoms with Crippen molar-refractivity contribution in [3.8, 4) is 0 Å². The molecule has 3 N–H and O–H groups in total. The highest BCUT2D eigenvalue weighted by atomic mass is 16.2. The van der Waals surface area contributed by atoms with Crippen molar-refractivity contribution >= 4 is 11.9 Å². The fourth-order valence-corrected chi connectivity index (χ4v) is 2.05. The Labute approximate surface area is 105 Å². The predicted octanol–water partition coefficient (Wildman–Crippen LogP) is 1.14. The van der Waals surface area contributed by atoms with Crippen molar-refractivity contribution in [2.24, 2.45) is 5.73 Å². The molecule has 18 heavy (non-hydrogen) atoms. The van der Waals surface area contributed by atoms with Crippen LogP contribution in [-0.4, -0.2) is 23.9 Å². The van der Waals surface area contributed by atoms with Crippen LogP contribution in [0.2, 0.25) is 0 Å². The maximum Gasteiger partial charge on any atom is 0.322 e. The Balaban J connectivity index is 2.53. The molecule has 5 nitrogen and oxygen atoms in total. The first kappa shape index (κ1) is 12.2.